The Balaban J connectivity index is 3.24. The van der Waals surface area contributed by atoms with Crippen LogP contribution < -0.4 is 17.0 Å². The summed E-state index contributed by atoms with van der Waals surface area (Å²) < 4.78 is 1.03. The van der Waals surface area contributed by atoms with E-state index in [1.165, 1.54) is 0 Å². The molecule has 0 atom stereocenters. The van der Waals surface area contributed by atoms with Gasteiger partial charge in [-0.25, -0.2) is 4.79 Å². The van der Waals surface area contributed by atoms with Crippen LogP contribution in [0, 0.1) is 0 Å². The SMILES string of the molecule is NCn1cc(CC(=O)O)c(=O)[nH]c1=O. The number of rotatable bonds is 3. The number of aromatic nitrogens is 2. The van der Waals surface area contributed by atoms with E-state index in [-0.39, 0.29) is 12.2 Å². The van der Waals surface area contributed by atoms with Gasteiger partial charge >= 0.3 is 11.7 Å². The van der Waals surface area contributed by atoms with Crippen molar-refractivity contribution in [2.24, 2.45) is 5.73 Å². The van der Waals surface area contributed by atoms with Gasteiger partial charge in [-0.3, -0.25) is 19.1 Å². The molecular formula is C7H9N3O4. The fraction of sp³-hybridized carbons (Fsp3) is 0.286. The number of hydrogen-bond donors (Lipinski definition) is 3. The van der Waals surface area contributed by atoms with Crippen molar-refractivity contribution in [2.75, 3.05) is 0 Å². The van der Waals surface area contributed by atoms with Crippen molar-refractivity contribution >= 4 is 5.97 Å². The number of aromatic amines is 1. The zero-order valence-electron chi connectivity index (χ0n) is 7.19. The Morgan fingerprint density at radius 1 is 1.57 bits per heavy atom. The van der Waals surface area contributed by atoms with Crippen LogP contribution in [-0.2, 0) is 17.9 Å². The molecule has 0 aliphatic heterocycles. The number of aliphatic carboxylic acids is 1. The summed E-state index contributed by atoms with van der Waals surface area (Å²) in [5, 5.41) is 8.45. The van der Waals surface area contributed by atoms with Gasteiger partial charge in [-0.05, 0) is 0 Å². The van der Waals surface area contributed by atoms with Crippen LogP contribution in [0.1, 0.15) is 5.56 Å². The Labute approximate surface area is 77.8 Å². The van der Waals surface area contributed by atoms with Crippen molar-refractivity contribution in [3.8, 4) is 0 Å². The lowest BCUT2D eigenvalue weighted by Crippen LogP contribution is -2.34. The fourth-order valence-electron chi connectivity index (χ4n) is 0.979. The number of H-pyrrole nitrogens is 1. The van der Waals surface area contributed by atoms with E-state index in [0.29, 0.717) is 0 Å². The predicted octanol–water partition coefficient (Wildman–Crippen LogP) is -1.92. The molecule has 0 aliphatic rings. The monoisotopic (exact) mass is 199 g/mol. The lowest BCUT2D eigenvalue weighted by Gasteiger charge is -2.02. The molecule has 0 saturated heterocycles. The van der Waals surface area contributed by atoms with Crippen molar-refractivity contribution in [1.82, 2.24) is 9.55 Å². The lowest BCUT2D eigenvalue weighted by atomic mass is 10.2. The quantitative estimate of drug-likeness (QED) is 0.524. The fourth-order valence-corrected chi connectivity index (χ4v) is 0.979. The van der Waals surface area contributed by atoms with E-state index >= 15 is 0 Å². The normalized spacial score (nSPS) is 10.1. The van der Waals surface area contributed by atoms with E-state index in [1.54, 1.807) is 0 Å². The van der Waals surface area contributed by atoms with Gasteiger partial charge in [0.1, 0.15) is 0 Å². The first-order valence-electron chi connectivity index (χ1n) is 3.79. The summed E-state index contributed by atoms with van der Waals surface area (Å²) in [7, 11) is 0. The maximum atomic E-state index is 11.1. The number of hydrogen-bond acceptors (Lipinski definition) is 4. The highest BCUT2D eigenvalue weighted by molar-refractivity contribution is 5.69. The van der Waals surface area contributed by atoms with Crippen molar-refractivity contribution < 1.29 is 9.90 Å². The molecule has 4 N–H and O–H groups in total. The first-order valence-corrected chi connectivity index (χ1v) is 3.79. The molecule has 1 heterocycles. The first-order chi connectivity index (χ1) is 6.54. The van der Waals surface area contributed by atoms with Crippen LogP contribution in [0.15, 0.2) is 15.8 Å². The zero-order chi connectivity index (χ0) is 10.7. The molecule has 14 heavy (non-hydrogen) atoms. The average Bonchev–Trinajstić information content (AvgIpc) is 2.09. The molecule has 1 rings (SSSR count). The van der Waals surface area contributed by atoms with Crippen molar-refractivity contribution in [1.29, 1.82) is 0 Å². The first kappa shape index (κ1) is 10.2. The second-order valence-corrected chi connectivity index (χ2v) is 2.64. The molecule has 0 fully saturated rings. The lowest BCUT2D eigenvalue weighted by molar-refractivity contribution is -0.136. The second-order valence-electron chi connectivity index (χ2n) is 2.64. The van der Waals surface area contributed by atoms with Gasteiger partial charge in [0.2, 0.25) is 0 Å². The highest BCUT2D eigenvalue weighted by Gasteiger charge is 2.07. The Bertz CT molecular complexity index is 459. The van der Waals surface area contributed by atoms with Crippen molar-refractivity contribution in [3.05, 3.63) is 32.6 Å². The number of carboxylic acid groups (broad SMARTS) is 1. The molecule has 1 aromatic heterocycles. The molecule has 0 aliphatic carbocycles. The molecule has 0 amide bonds. The molecule has 0 saturated carbocycles. The minimum atomic E-state index is -1.14. The number of carbonyl (C=O) groups is 1. The predicted molar refractivity (Wildman–Crippen MR) is 46.8 cm³/mol. The van der Waals surface area contributed by atoms with Gasteiger partial charge in [0.05, 0.1) is 13.1 Å². The van der Waals surface area contributed by atoms with E-state index in [0.717, 1.165) is 10.8 Å². The molecule has 76 valence electrons. The Kier molecular flexibility index (Phi) is 2.82. The van der Waals surface area contributed by atoms with Crippen LogP contribution in [-0.4, -0.2) is 20.6 Å². The van der Waals surface area contributed by atoms with E-state index in [2.05, 4.69) is 0 Å². The van der Waals surface area contributed by atoms with Crippen LogP contribution >= 0.6 is 0 Å². The van der Waals surface area contributed by atoms with Crippen LogP contribution in [0.3, 0.4) is 0 Å². The topological polar surface area (TPSA) is 118 Å². The molecule has 7 heteroatoms. The largest absolute Gasteiger partial charge is 0.481 e. The molecule has 1 aromatic rings. The van der Waals surface area contributed by atoms with E-state index < -0.39 is 23.6 Å². The van der Waals surface area contributed by atoms with Gasteiger partial charge in [-0.15, -0.1) is 0 Å². The standard InChI is InChI=1S/C7H9N3O4/c8-3-10-2-4(1-5(11)12)6(13)9-7(10)14/h2H,1,3,8H2,(H,11,12)(H,9,13,14). The molecule has 0 bridgehead atoms. The second kappa shape index (κ2) is 3.88. The molecule has 7 nitrogen and oxygen atoms in total. The minimum absolute atomic E-state index is 0.00236. The molecule has 0 radical (unpaired) electrons. The summed E-state index contributed by atoms with van der Waals surface area (Å²) in [4.78, 5) is 34.4. The third-order valence-electron chi connectivity index (χ3n) is 1.62. The smallest absolute Gasteiger partial charge is 0.329 e. The zero-order valence-corrected chi connectivity index (χ0v) is 7.19. The molecular weight excluding hydrogens is 190 g/mol. The third-order valence-corrected chi connectivity index (χ3v) is 1.62. The summed E-state index contributed by atoms with van der Waals surface area (Å²) >= 11 is 0. The maximum Gasteiger partial charge on any atom is 0.329 e. The van der Waals surface area contributed by atoms with Gasteiger partial charge in [0, 0.05) is 11.8 Å². The molecule has 0 aromatic carbocycles. The minimum Gasteiger partial charge on any atom is -0.481 e. The number of nitrogens with two attached hydrogens (primary N) is 1. The number of nitrogens with zero attached hydrogens (tertiary/aromatic N) is 1. The third kappa shape index (κ3) is 2.07. The Hall–Kier alpha value is -1.89. The van der Waals surface area contributed by atoms with Crippen molar-refractivity contribution in [3.63, 3.8) is 0 Å². The average molecular weight is 199 g/mol. The van der Waals surface area contributed by atoms with Crippen molar-refractivity contribution in [2.45, 2.75) is 13.1 Å². The maximum absolute atomic E-state index is 11.1. The summed E-state index contributed by atoms with van der Waals surface area (Å²) in [6, 6.07) is 0. The van der Waals surface area contributed by atoms with Crippen LogP contribution in [0.5, 0.6) is 0 Å². The number of nitrogens with one attached hydrogen (secondary N) is 1. The summed E-state index contributed by atoms with van der Waals surface area (Å²) in [6.07, 6.45) is 0.713. The van der Waals surface area contributed by atoms with Crippen LogP contribution in [0.2, 0.25) is 0 Å². The van der Waals surface area contributed by atoms with Gasteiger partial charge in [-0.1, -0.05) is 0 Å². The molecule has 0 unspecified atom stereocenters. The number of carboxylic acids is 1. The van der Waals surface area contributed by atoms with E-state index in [9.17, 15) is 14.4 Å². The van der Waals surface area contributed by atoms with Gasteiger partial charge in [0.25, 0.3) is 5.56 Å². The van der Waals surface area contributed by atoms with Crippen LogP contribution in [0.25, 0.3) is 0 Å². The summed E-state index contributed by atoms with van der Waals surface area (Å²) in [5.74, 6) is -1.14. The summed E-state index contributed by atoms with van der Waals surface area (Å²) in [6.45, 7) is -0.109. The van der Waals surface area contributed by atoms with E-state index in [1.807, 2.05) is 4.98 Å². The Morgan fingerprint density at radius 3 is 2.71 bits per heavy atom. The van der Waals surface area contributed by atoms with Gasteiger partial charge in [0.15, 0.2) is 0 Å². The highest BCUT2D eigenvalue weighted by Crippen LogP contribution is 1.88. The highest BCUT2D eigenvalue weighted by atomic mass is 16.4. The Morgan fingerprint density at radius 2 is 2.21 bits per heavy atom. The van der Waals surface area contributed by atoms with Gasteiger partial charge in [-0.2, -0.15) is 0 Å². The van der Waals surface area contributed by atoms with Gasteiger partial charge < -0.3 is 10.8 Å². The van der Waals surface area contributed by atoms with E-state index in [4.69, 9.17) is 10.8 Å². The summed E-state index contributed by atoms with van der Waals surface area (Å²) in [5.41, 5.74) is 3.86. The van der Waals surface area contributed by atoms with Crippen LogP contribution in [0.4, 0.5) is 0 Å². The molecule has 0 spiro atoms.